The topological polar surface area (TPSA) is 90.7 Å². The monoisotopic (exact) mass is 749 g/mol. The van der Waals surface area contributed by atoms with Gasteiger partial charge >= 0.3 is 0 Å². The first-order valence-electron chi connectivity index (χ1n) is 18.7. The third kappa shape index (κ3) is 5.15. The van der Waals surface area contributed by atoms with Crippen molar-refractivity contribution in [1.29, 1.82) is 0 Å². The van der Waals surface area contributed by atoms with Crippen LogP contribution in [0.1, 0.15) is 0 Å². The van der Waals surface area contributed by atoms with Crippen molar-refractivity contribution >= 4 is 75.5 Å². The summed E-state index contributed by atoms with van der Waals surface area (Å²) in [5.74, 6) is 2.37. The molecule has 5 heterocycles. The van der Waals surface area contributed by atoms with E-state index in [1.54, 1.807) is 11.3 Å². The molecule has 0 saturated heterocycles. The van der Waals surface area contributed by atoms with Crippen LogP contribution in [0.2, 0.25) is 0 Å². The maximum absolute atomic E-state index is 6.60. The van der Waals surface area contributed by atoms with Gasteiger partial charge in [-0.2, -0.15) is 0 Å². The molecular weight excluding hydrogens is 723 g/mol. The molecule has 0 unspecified atom stereocenters. The smallest absolute Gasteiger partial charge is 0.180 e. The number of benzene rings is 7. The SMILES string of the molecule is c1ccc(-c2nc(-c3ccc4c(c3)sc3ccccc34)nc(-c3cccc4oc5cc(-c6nc(-c7ccccc7)c7oc8ccccc8c7n6)ccc5c34)n2)cc1. The van der Waals surface area contributed by atoms with Crippen LogP contribution in [0.3, 0.4) is 0 Å². The van der Waals surface area contributed by atoms with Crippen LogP contribution in [0.4, 0.5) is 0 Å². The van der Waals surface area contributed by atoms with Gasteiger partial charge in [0.15, 0.2) is 28.9 Å². The number of rotatable bonds is 5. The summed E-state index contributed by atoms with van der Waals surface area (Å²) < 4.78 is 15.4. The third-order valence-electron chi connectivity index (χ3n) is 10.6. The van der Waals surface area contributed by atoms with Crippen molar-refractivity contribution in [3.05, 3.63) is 164 Å². The minimum absolute atomic E-state index is 0.570. The quantitative estimate of drug-likeness (QED) is 0.173. The lowest BCUT2D eigenvalue weighted by atomic mass is 10.0. The highest BCUT2D eigenvalue weighted by Gasteiger charge is 2.21. The second-order valence-electron chi connectivity index (χ2n) is 14.0. The van der Waals surface area contributed by atoms with Crippen LogP contribution in [0.5, 0.6) is 0 Å². The van der Waals surface area contributed by atoms with Gasteiger partial charge in [0.25, 0.3) is 0 Å². The van der Waals surface area contributed by atoms with Gasteiger partial charge in [-0.15, -0.1) is 11.3 Å². The highest BCUT2D eigenvalue weighted by molar-refractivity contribution is 7.25. The maximum Gasteiger partial charge on any atom is 0.180 e. The maximum atomic E-state index is 6.60. The molecule has 0 saturated carbocycles. The van der Waals surface area contributed by atoms with Crippen molar-refractivity contribution in [3.63, 3.8) is 0 Å². The standard InChI is InChI=1S/C49H27N5O2S/c1-3-12-28(13-4-1)43-45-44(35-17-7-9-19-37(35)56-45)51-47(50-43)30-23-25-34-39(26-30)55-38-20-11-18-36(42(34)38)49-53-46(29-14-5-2-6-15-29)52-48(54-49)31-22-24-33-32-16-8-10-21-40(32)57-41(33)27-31/h1-27H. The van der Waals surface area contributed by atoms with Crippen LogP contribution in [0.15, 0.2) is 173 Å². The molecule has 7 aromatic carbocycles. The van der Waals surface area contributed by atoms with Crippen molar-refractivity contribution in [1.82, 2.24) is 24.9 Å². The summed E-state index contributed by atoms with van der Waals surface area (Å²) in [6.45, 7) is 0. The highest BCUT2D eigenvalue weighted by atomic mass is 32.1. The Morgan fingerprint density at radius 2 is 1.00 bits per heavy atom. The predicted molar refractivity (Wildman–Crippen MR) is 230 cm³/mol. The Bertz CT molecular complexity index is 3540. The van der Waals surface area contributed by atoms with E-state index in [4.69, 9.17) is 33.8 Å². The van der Waals surface area contributed by atoms with E-state index in [0.29, 0.717) is 34.5 Å². The van der Waals surface area contributed by atoms with Crippen molar-refractivity contribution in [2.45, 2.75) is 0 Å². The molecule has 12 rings (SSSR count). The van der Waals surface area contributed by atoms with Gasteiger partial charge in [0.1, 0.15) is 28.0 Å². The Morgan fingerprint density at radius 1 is 0.368 bits per heavy atom. The first-order chi connectivity index (χ1) is 28.2. The van der Waals surface area contributed by atoms with Crippen LogP contribution in [0, 0.1) is 0 Å². The number of hydrogen-bond donors (Lipinski definition) is 0. The third-order valence-corrected chi connectivity index (χ3v) is 11.7. The van der Waals surface area contributed by atoms with E-state index >= 15 is 0 Å². The zero-order valence-electron chi connectivity index (χ0n) is 30.0. The van der Waals surface area contributed by atoms with Gasteiger partial charge in [-0.25, -0.2) is 24.9 Å². The molecule has 0 bridgehead atoms. The molecule has 0 atom stereocenters. The summed E-state index contributed by atoms with van der Waals surface area (Å²) >= 11 is 1.78. The van der Waals surface area contributed by atoms with E-state index < -0.39 is 0 Å². The van der Waals surface area contributed by atoms with Gasteiger partial charge in [-0.1, -0.05) is 121 Å². The zero-order chi connectivity index (χ0) is 37.5. The Kier molecular flexibility index (Phi) is 6.96. The van der Waals surface area contributed by atoms with E-state index in [1.807, 2.05) is 103 Å². The zero-order valence-corrected chi connectivity index (χ0v) is 30.9. The normalized spacial score (nSPS) is 11.9. The molecule has 0 fully saturated rings. The highest BCUT2D eigenvalue weighted by Crippen LogP contribution is 2.41. The molecule has 12 aromatic rings. The van der Waals surface area contributed by atoms with Gasteiger partial charge in [0, 0.05) is 64.1 Å². The van der Waals surface area contributed by atoms with E-state index in [2.05, 4.69) is 60.7 Å². The molecule has 0 N–H and O–H groups in total. The Balaban J connectivity index is 1.03. The number of thiophene rings is 1. The van der Waals surface area contributed by atoms with Crippen molar-refractivity contribution in [3.8, 4) is 56.8 Å². The lowest BCUT2D eigenvalue weighted by Crippen LogP contribution is -2.00. The lowest BCUT2D eigenvalue weighted by molar-refractivity contribution is 0.667. The minimum atomic E-state index is 0.570. The number of para-hydroxylation sites is 1. The molecular formula is C49H27N5O2S. The summed E-state index contributed by atoms with van der Waals surface area (Å²) in [5, 5.41) is 5.30. The molecule has 7 nitrogen and oxygen atoms in total. The first kappa shape index (κ1) is 31.8. The lowest BCUT2D eigenvalue weighted by Gasteiger charge is -2.09. The van der Waals surface area contributed by atoms with Gasteiger partial charge in [-0.3, -0.25) is 0 Å². The first-order valence-corrected chi connectivity index (χ1v) is 19.5. The summed E-state index contributed by atoms with van der Waals surface area (Å²) in [4.78, 5) is 25.5. The molecule has 8 heteroatoms. The number of fused-ring (bicyclic) bond motifs is 9. The molecule has 266 valence electrons. The average Bonchev–Trinajstić information content (AvgIpc) is 3.97. The molecule has 0 radical (unpaired) electrons. The van der Waals surface area contributed by atoms with Crippen LogP contribution in [-0.2, 0) is 0 Å². The fourth-order valence-corrected chi connectivity index (χ4v) is 9.02. The Hall–Kier alpha value is -7.55. The molecule has 0 amide bonds. The minimum Gasteiger partial charge on any atom is -0.456 e. The fourth-order valence-electron chi connectivity index (χ4n) is 7.87. The number of furan rings is 2. The number of nitrogens with zero attached hydrogens (tertiary/aromatic N) is 5. The van der Waals surface area contributed by atoms with Gasteiger partial charge in [-0.05, 0) is 42.5 Å². The summed E-state index contributed by atoms with van der Waals surface area (Å²) in [6.07, 6.45) is 0. The number of hydrogen-bond acceptors (Lipinski definition) is 8. The van der Waals surface area contributed by atoms with Gasteiger partial charge in [0.05, 0.1) is 0 Å². The fraction of sp³-hybridized carbons (Fsp3) is 0. The van der Waals surface area contributed by atoms with E-state index in [0.717, 1.165) is 66.4 Å². The Morgan fingerprint density at radius 3 is 1.84 bits per heavy atom. The van der Waals surface area contributed by atoms with Crippen molar-refractivity contribution in [2.24, 2.45) is 0 Å². The molecule has 0 aliphatic heterocycles. The molecule has 57 heavy (non-hydrogen) atoms. The van der Waals surface area contributed by atoms with Crippen LogP contribution >= 0.6 is 11.3 Å². The second-order valence-corrected chi connectivity index (χ2v) is 15.1. The van der Waals surface area contributed by atoms with Gasteiger partial charge < -0.3 is 8.83 Å². The van der Waals surface area contributed by atoms with E-state index in [-0.39, 0.29) is 0 Å². The largest absolute Gasteiger partial charge is 0.456 e. The molecule has 5 aromatic heterocycles. The van der Waals surface area contributed by atoms with Crippen LogP contribution in [-0.4, -0.2) is 24.9 Å². The average molecular weight is 750 g/mol. The summed E-state index contributed by atoms with van der Waals surface area (Å²) in [6, 6.07) is 55.3. The molecule has 0 aliphatic carbocycles. The Labute approximate surface area is 328 Å². The molecule has 0 aliphatic rings. The van der Waals surface area contributed by atoms with Crippen LogP contribution < -0.4 is 0 Å². The van der Waals surface area contributed by atoms with Crippen molar-refractivity contribution in [2.75, 3.05) is 0 Å². The van der Waals surface area contributed by atoms with E-state index in [9.17, 15) is 0 Å². The van der Waals surface area contributed by atoms with Crippen molar-refractivity contribution < 1.29 is 8.83 Å². The molecule has 0 spiro atoms. The van der Waals surface area contributed by atoms with Gasteiger partial charge in [0.2, 0.25) is 0 Å². The number of aromatic nitrogens is 5. The van der Waals surface area contributed by atoms with Crippen LogP contribution in [0.25, 0.3) is 121 Å². The summed E-state index contributed by atoms with van der Waals surface area (Å²) in [7, 11) is 0. The van der Waals surface area contributed by atoms with E-state index in [1.165, 1.54) is 20.2 Å². The second kappa shape index (κ2) is 12.5. The summed E-state index contributed by atoms with van der Waals surface area (Å²) in [5.41, 5.74) is 8.88. The predicted octanol–water partition coefficient (Wildman–Crippen LogP) is 13.2.